The zero-order valence-corrected chi connectivity index (χ0v) is 18.5. The maximum atomic E-state index is 12.7. The molecular weight excluding hydrogens is 404 g/mol. The Kier molecular flexibility index (Phi) is 7.42. The summed E-state index contributed by atoms with van der Waals surface area (Å²) in [4.78, 5) is 40.4. The lowest BCUT2D eigenvalue weighted by atomic mass is 10.1. The van der Waals surface area contributed by atoms with E-state index in [0.29, 0.717) is 36.1 Å². The highest BCUT2D eigenvalue weighted by Crippen LogP contribution is 2.35. The zero-order valence-electron chi connectivity index (χ0n) is 17.7. The van der Waals surface area contributed by atoms with E-state index in [1.54, 1.807) is 17.0 Å². The second-order valence-corrected chi connectivity index (χ2v) is 8.32. The molecule has 1 unspecified atom stereocenters. The number of rotatable bonds is 8. The average molecular weight is 433 g/mol. The summed E-state index contributed by atoms with van der Waals surface area (Å²) in [6.07, 6.45) is 4.51. The van der Waals surface area contributed by atoms with Gasteiger partial charge in [-0.1, -0.05) is 13.0 Å². The third kappa shape index (κ3) is 5.16. The minimum Gasteiger partial charge on any atom is -0.490 e. The number of carbonyl (C=O) groups is 3. The summed E-state index contributed by atoms with van der Waals surface area (Å²) in [5, 5.41) is -0.416. The van der Waals surface area contributed by atoms with Crippen LogP contribution in [0.15, 0.2) is 23.1 Å². The van der Waals surface area contributed by atoms with Gasteiger partial charge in [0.2, 0.25) is 5.91 Å². The fourth-order valence-electron chi connectivity index (χ4n) is 3.27. The van der Waals surface area contributed by atoms with Gasteiger partial charge in [0.15, 0.2) is 11.5 Å². The van der Waals surface area contributed by atoms with Crippen LogP contribution in [0.25, 0.3) is 6.08 Å². The van der Waals surface area contributed by atoms with Gasteiger partial charge in [-0.2, -0.15) is 0 Å². The molecule has 1 aromatic rings. The van der Waals surface area contributed by atoms with Crippen LogP contribution in [-0.4, -0.2) is 59.2 Å². The van der Waals surface area contributed by atoms with Gasteiger partial charge in [0.25, 0.3) is 11.1 Å². The van der Waals surface area contributed by atoms with Crippen molar-refractivity contribution in [2.75, 3.05) is 26.2 Å². The second kappa shape index (κ2) is 10.0. The topological polar surface area (TPSA) is 76.2 Å². The van der Waals surface area contributed by atoms with Crippen LogP contribution in [0.1, 0.15) is 45.6 Å². The van der Waals surface area contributed by atoms with Gasteiger partial charge in [-0.15, -0.1) is 0 Å². The number of hydrogen-bond donors (Lipinski definition) is 0. The van der Waals surface area contributed by atoms with Gasteiger partial charge in [-0.3, -0.25) is 19.3 Å². The van der Waals surface area contributed by atoms with E-state index in [1.807, 2.05) is 32.9 Å². The number of benzene rings is 1. The van der Waals surface area contributed by atoms with E-state index in [-0.39, 0.29) is 18.6 Å². The number of thioether (sulfide) groups is 1. The van der Waals surface area contributed by atoms with Gasteiger partial charge in [0.1, 0.15) is 6.54 Å². The molecule has 0 saturated carbocycles. The van der Waals surface area contributed by atoms with Crippen molar-refractivity contribution in [2.45, 2.75) is 46.1 Å². The van der Waals surface area contributed by atoms with E-state index in [9.17, 15) is 14.4 Å². The molecule has 0 radical (unpaired) electrons. The van der Waals surface area contributed by atoms with Crippen molar-refractivity contribution in [1.82, 2.24) is 9.80 Å². The normalized spacial score (nSPS) is 19.0. The van der Waals surface area contributed by atoms with Crippen LogP contribution < -0.4 is 9.47 Å². The number of hydrogen-bond acceptors (Lipinski definition) is 6. The lowest BCUT2D eigenvalue weighted by Gasteiger charge is -2.18. The number of likely N-dealkylation sites (tertiary alicyclic amines) is 1. The molecule has 2 heterocycles. The fourth-order valence-corrected chi connectivity index (χ4v) is 4.11. The summed E-state index contributed by atoms with van der Waals surface area (Å²) in [6, 6.07) is 5.43. The maximum Gasteiger partial charge on any atom is 0.294 e. The number of carbonyl (C=O) groups excluding carboxylic acids is 3. The number of amides is 3. The molecule has 1 atom stereocenters. The molecule has 3 amide bonds. The lowest BCUT2D eigenvalue weighted by Crippen LogP contribution is -2.40. The van der Waals surface area contributed by atoms with Crippen molar-refractivity contribution in [1.29, 1.82) is 0 Å². The van der Waals surface area contributed by atoms with Crippen LogP contribution in [0, 0.1) is 0 Å². The first-order chi connectivity index (χ1) is 14.4. The van der Waals surface area contributed by atoms with E-state index >= 15 is 0 Å². The molecule has 0 aliphatic carbocycles. The Hall–Kier alpha value is -2.48. The Morgan fingerprint density at radius 1 is 1.20 bits per heavy atom. The number of imide groups is 1. The molecule has 2 saturated heterocycles. The summed E-state index contributed by atoms with van der Waals surface area (Å²) >= 11 is 0.855. The van der Waals surface area contributed by atoms with Crippen molar-refractivity contribution < 1.29 is 23.9 Å². The Bertz CT molecular complexity index is 848. The molecule has 0 bridgehead atoms. The Morgan fingerprint density at radius 2 is 1.93 bits per heavy atom. The molecule has 8 heteroatoms. The molecule has 2 aliphatic rings. The van der Waals surface area contributed by atoms with E-state index in [2.05, 4.69) is 0 Å². The third-order valence-corrected chi connectivity index (χ3v) is 6.00. The average Bonchev–Trinajstić information content (AvgIpc) is 3.35. The first-order valence-corrected chi connectivity index (χ1v) is 11.2. The highest BCUT2D eigenvalue weighted by Gasteiger charge is 2.37. The van der Waals surface area contributed by atoms with E-state index in [4.69, 9.17) is 9.47 Å². The molecule has 7 nitrogen and oxygen atoms in total. The summed E-state index contributed by atoms with van der Waals surface area (Å²) in [5.41, 5.74) is 0.728. The smallest absolute Gasteiger partial charge is 0.294 e. The second-order valence-electron chi connectivity index (χ2n) is 7.33. The molecule has 0 spiro atoms. The number of nitrogens with zero attached hydrogens (tertiary/aromatic N) is 2. The van der Waals surface area contributed by atoms with Crippen LogP contribution in [0.4, 0.5) is 4.79 Å². The zero-order chi connectivity index (χ0) is 21.7. The van der Waals surface area contributed by atoms with Crippen molar-refractivity contribution in [3.05, 3.63) is 28.7 Å². The Labute approximate surface area is 181 Å². The van der Waals surface area contributed by atoms with E-state index in [1.165, 1.54) is 0 Å². The molecule has 162 valence electrons. The van der Waals surface area contributed by atoms with Crippen LogP contribution in [0.2, 0.25) is 0 Å². The van der Waals surface area contributed by atoms with Crippen LogP contribution in [0.5, 0.6) is 11.5 Å². The third-order valence-electron chi connectivity index (χ3n) is 5.09. The minimum absolute atomic E-state index is 0.0553. The highest BCUT2D eigenvalue weighted by atomic mass is 32.2. The summed E-state index contributed by atoms with van der Waals surface area (Å²) in [6.45, 7) is 7.59. The van der Waals surface area contributed by atoms with Gasteiger partial charge >= 0.3 is 0 Å². The quantitative estimate of drug-likeness (QED) is 0.580. The SMILES string of the molecule is CCOc1cc(/C=C2\SC(=O)N(CC(=O)N3CCCC3)C2=O)ccc1OC(C)CC. The fraction of sp³-hybridized carbons (Fsp3) is 0.500. The standard InChI is InChI=1S/C22H28N2O5S/c1-4-15(3)29-17-9-8-16(12-18(17)28-5-2)13-19-21(26)24(22(27)30-19)14-20(25)23-10-6-7-11-23/h8-9,12-13,15H,4-7,10-11,14H2,1-3H3/b19-13-. The summed E-state index contributed by atoms with van der Waals surface area (Å²) in [7, 11) is 0. The summed E-state index contributed by atoms with van der Waals surface area (Å²) < 4.78 is 11.6. The first kappa shape index (κ1) is 22.2. The molecule has 0 N–H and O–H groups in total. The molecule has 1 aromatic carbocycles. The van der Waals surface area contributed by atoms with Crippen molar-refractivity contribution in [3.63, 3.8) is 0 Å². The van der Waals surface area contributed by atoms with Gasteiger partial charge in [-0.05, 0) is 68.6 Å². The molecule has 3 rings (SSSR count). The van der Waals surface area contributed by atoms with Crippen molar-refractivity contribution in [2.24, 2.45) is 0 Å². The van der Waals surface area contributed by atoms with Crippen LogP contribution in [0.3, 0.4) is 0 Å². The monoisotopic (exact) mass is 432 g/mol. The predicted molar refractivity (Wildman–Crippen MR) is 116 cm³/mol. The molecule has 30 heavy (non-hydrogen) atoms. The van der Waals surface area contributed by atoms with Gasteiger partial charge in [0.05, 0.1) is 17.6 Å². The number of ether oxygens (including phenoxy) is 2. The van der Waals surface area contributed by atoms with E-state index in [0.717, 1.165) is 41.5 Å². The first-order valence-electron chi connectivity index (χ1n) is 10.4. The molecule has 2 fully saturated rings. The summed E-state index contributed by atoms with van der Waals surface area (Å²) in [5.74, 6) is 0.624. The molecule has 2 aliphatic heterocycles. The predicted octanol–water partition coefficient (Wildman–Crippen LogP) is 3.92. The Balaban J connectivity index is 1.75. The molecule has 0 aromatic heterocycles. The van der Waals surface area contributed by atoms with Crippen LogP contribution in [-0.2, 0) is 9.59 Å². The largest absolute Gasteiger partial charge is 0.490 e. The molecular formula is C22H28N2O5S. The van der Waals surface area contributed by atoms with E-state index < -0.39 is 11.1 Å². The highest BCUT2D eigenvalue weighted by molar-refractivity contribution is 8.18. The van der Waals surface area contributed by atoms with Gasteiger partial charge in [0, 0.05) is 13.1 Å². The van der Waals surface area contributed by atoms with Crippen molar-refractivity contribution in [3.8, 4) is 11.5 Å². The van der Waals surface area contributed by atoms with Gasteiger partial charge < -0.3 is 14.4 Å². The van der Waals surface area contributed by atoms with Crippen LogP contribution >= 0.6 is 11.8 Å². The Morgan fingerprint density at radius 3 is 2.60 bits per heavy atom. The minimum atomic E-state index is -0.435. The van der Waals surface area contributed by atoms with Gasteiger partial charge in [-0.25, -0.2) is 0 Å². The maximum absolute atomic E-state index is 12.7. The van der Waals surface area contributed by atoms with Crippen molar-refractivity contribution >= 4 is 34.9 Å². The lowest BCUT2D eigenvalue weighted by molar-refractivity contribution is -0.135.